The van der Waals surface area contributed by atoms with Crippen LogP contribution in [-0.2, 0) is 16.0 Å². The predicted octanol–water partition coefficient (Wildman–Crippen LogP) is 0.403. The maximum atomic E-state index is 11.5. The summed E-state index contributed by atoms with van der Waals surface area (Å²) < 4.78 is 5.38. The number of nitrogens with one attached hydrogen (secondary N) is 1. The molecule has 1 aromatic heterocycles. The molecular formula is C18H28N4O3. The smallest absolute Gasteiger partial charge is 0.220 e. The number of hydrogen-bond acceptors (Lipinski definition) is 6. The Kier molecular flexibility index (Phi) is 5.98. The average molecular weight is 348 g/mol. The minimum absolute atomic E-state index is 0.0310. The summed E-state index contributed by atoms with van der Waals surface area (Å²) in [6, 6.07) is 2.19. The zero-order valence-corrected chi connectivity index (χ0v) is 15.1. The van der Waals surface area contributed by atoms with Gasteiger partial charge in [0.15, 0.2) is 0 Å². The minimum atomic E-state index is -0.367. The fourth-order valence-corrected chi connectivity index (χ4v) is 3.77. The van der Waals surface area contributed by atoms with Gasteiger partial charge in [0.2, 0.25) is 5.91 Å². The summed E-state index contributed by atoms with van der Waals surface area (Å²) in [6.07, 6.45) is 2.77. The molecule has 2 aliphatic heterocycles. The van der Waals surface area contributed by atoms with Crippen molar-refractivity contribution in [1.82, 2.24) is 20.2 Å². The first-order chi connectivity index (χ1) is 12.1. The highest BCUT2D eigenvalue weighted by Crippen LogP contribution is 2.29. The lowest BCUT2D eigenvalue weighted by atomic mass is 9.91. The van der Waals surface area contributed by atoms with Gasteiger partial charge in [0.1, 0.15) is 5.82 Å². The number of piperidine rings is 1. The van der Waals surface area contributed by atoms with E-state index >= 15 is 0 Å². The van der Waals surface area contributed by atoms with Crippen LogP contribution < -0.4 is 5.32 Å². The van der Waals surface area contributed by atoms with Gasteiger partial charge in [-0.05, 0) is 45.3 Å². The largest absolute Gasteiger partial charge is 0.389 e. The molecule has 0 spiro atoms. The lowest BCUT2D eigenvalue weighted by molar-refractivity contribution is -0.120. The van der Waals surface area contributed by atoms with E-state index < -0.39 is 0 Å². The maximum absolute atomic E-state index is 11.5. The summed E-state index contributed by atoms with van der Waals surface area (Å²) in [5.41, 5.74) is 2.02. The second-order valence-corrected chi connectivity index (χ2v) is 6.99. The number of aryl methyl sites for hydroxylation is 2. The van der Waals surface area contributed by atoms with Gasteiger partial charge in [0, 0.05) is 30.8 Å². The van der Waals surface area contributed by atoms with Crippen molar-refractivity contribution >= 4 is 5.91 Å². The van der Waals surface area contributed by atoms with E-state index in [0.717, 1.165) is 43.1 Å². The van der Waals surface area contributed by atoms with Gasteiger partial charge in [-0.15, -0.1) is 0 Å². The average Bonchev–Trinajstić information content (AvgIpc) is 3.05. The van der Waals surface area contributed by atoms with Gasteiger partial charge >= 0.3 is 0 Å². The second kappa shape index (κ2) is 8.21. The molecule has 3 rings (SSSR count). The van der Waals surface area contributed by atoms with Gasteiger partial charge in [0.05, 0.1) is 25.4 Å². The number of aliphatic hydroxyl groups is 1. The van der Waals surface area contributed by atoms with E-state index in [2.05, 4.69) is 26.3 Å². The molecule has 0 unspecified atom stereocenters. The Balaban J connectivity index is 1.60. The summed E-state index contributed by atoms with van der Waals surface area (Å²) in [5, 5.41) is 12.6. The monoisotopic (exact) mass is 348 g/mol. The van der Waals surface area contributed by atoms with E-state index in [1.54, 1.807) is 7.05 Å². The minimum Gasteiger partial charge on any atom is -0.389 e. The van der Waals surface area contributed by atoms with Crippen LogP contribution in [0.5, 0.6) is 0 Å². The molecule has 2 fully saturated rings. The summed E-state index contributed by atoms with van der Waals surface area (Å²) in [7, 11) is 1.65. The van der Waals surface area contributed by atoms with Crippen LogP contribution in [0.3, 0.4) is 0 Å². The van der Waals surface area contributed by atoms with Gasteiger partial charge < -0.3 is 15.2 Å². The predicted molar refractivity (Wildman–Crippen MR) is 93.3 cm³/mol. The number of rotatable bonds is 5. The molecule has 0 bridgehead atoms. The van der Waals surface area contributed by atoms with E-state index in [4.69, 9.17) is 4.74 Å². The number of likely N-dealkylation sites (tertiary alicyclic amines) is 1. The Morgan fingerprint density at radius 3 is 2.76 bits per heavy atom. The fraction of sp³-hybridized carbons (Fsp3) is 0.722. The molecule has 2 atom stereocenters. The third-order valence-electron chi connectivity index (χ3n) is 5.24. The van der Waals surface area contributed by atoms with Crippen molar-refractivity contribution in [3.8, 4) is 0 Å². The Morgan fingerprint density at radius 1 is 1.36 bits per heavy atom. The normalized spacial score (nSPS) is 25.2. The lowest BCUT2D eigenvalue weighted by Crippen LogP contribution is -2.46. The third kappa shape index (κ3) is 4.54. The van der Waals surface area contributed by atoms with Crippen molar-refractivity contribution in [2.45, 2.75) is 50.7 Å². The number of aromatic nitrogens is 2. The van der Waals surface area contributed by atoms with E-state index in [1.807, 2.05) is 6.92 Å². The van der Waals surface area contributed by atoms with Crippen molar-refractivity contribution in [2.75, 3.05) is 33.4 Å². The molecule has 2 saturated heterocycles. The SMILES string of the molecule is CNC(=O)CCc1cc(C2CCN([C@H]3COC[C@H]3O)CC2)nc(C)n1. The summed E-state index contributed by atoms with van der Waals surface area (Å²) in [5.74, 6) is 1.21. The van der Waals surface area contributed by atoms with E-state index in [9.17, 15) is 9.90 Å². The number of aliphatic hydroxyl groups excluding tert-OH is 1. The highest BCUT2D eigenvalue weighted by Gasteiger charge is 2.34. The first kappa shape index (κ1) is 18.2. The Hall–Kier alpha value is -1.57. The van der Waals surface area contributed by atoms with Crippen molar-refractivity contribution in [3.05, 3.63) is 23.3 Å². The Bertz CT molecular complexity index is 602. The van der Waals surface area contributed by atoms with Gasteiger partial charge in [-0.1, -0.05) is 0 Å². The van der Waals surface area contributed by atoms with Crippen molar-refractivity contribution < 1.29 is 14.6 Å². The third-order valence-corrected chi connectivity index (χ3v) is 5.24. The molecule has 0 aliphatic carbocycles. The topological polar surface area (TPSA) is 87.6 Å². The molecule has 25 heavy (non-hydrogen) atoms. The van der Waals surface area contributed by atoms with Crippen LogP contribution in [-0.4, -0.2) is 71.4 Å². The molecule has 2 aliphatic rings. The van der Waals surface area contributed by atoms with E-state index in [1.165, 1.54) is 0 Å². The number of ether oxygens (including phenoxy) is 1. The number of amides is 1. The van der Waals surface area contributed by atoms with Crippen LogP contribution in [0.25, 0.3) is 0 Å². The fourth-order valence-electron chi connectivity index (χ4n) is 3.77. The molecule has 3 heterocycles. The van der Waals surface area contributed by atoms with E-state index in [-0.39, 0.29) is 18.1 Å². The quantitative estimate of drug-likeness (QED) is 0.801. The van der Waals surface area contributed by atoms with Gasteiger partial charge in [-0.2, -0.15) is 0 Å². The lowest BCUT2D eigenvalue weighted by Gasteiger charge is -2.36. The Labute approximate surface area is 148 Å². The standard InChI is InChI=1S/C18H28N4O3/c1-12-20-14(3-4-18(24)19-2)9-15(21-12)13-5-7-22(8-6-13)16-10-25-11-17(16)23/h9,13,16-17,23H,3-8,10-11H2,1-2H3,(H,19,24)/t16-,17+/m0/s1. The van der Waals surface area contributed by atoms with Crippen LogP contribution >= 0.6 is 0 Å². The van der Waals surface area contributed by atoms with Gasteiger partial charge in [-0.3, -0.25) is 9.69 Å². The highest BCUT2D eigenvalue weighted by molar-refractivity contribution is 5.75. The summed E-state index contributed by atoms with van der Waals surface area (Å²) >= 11 is 0. The Morgan fingerprint density at radius 2 is 2.12 bits per heavy atom. The molecular weight excluding hydrogens is 320 g/mol. The van der Waals surface area contributed by atoms with Crippen LogP contribution in [0, 0.1) is 6.92 Å². The summed E-state index contributed by atoms with van der Waals surface area (Å²) in [4.78, 5) is 22.9. The number of nitrogens with zero attached hydrogens (tertiary/aromatic N) is 3. The maximum Gasteiger partial charge on any atom is 0.220 e. The molecule has 138 valence electrons. The van der Waals surface area contributed by atoms with Crippen molar-refractivity contribution in [2.24, 2.45) is 0 Å². The van der Waals surface area contributed by atoms with E-state index in [0.29, 0.717) is 32.0 Å². The molecule has 7 nitrogen and oxygen atoms in total. The van der Waals surface area contributed by atoms with Gasteiger partial charge in [-0.25, -0.2) is 9.97 Å². The first-order valence-electron chi connectivity index (χ1n) is 9.11. The van der Waals surface area contributed by atoms with Crippen molar-refractivity contribution in [1.29, 1.82) is 0 Å². The zero-order valence-electron chi connectivity index (χ0n) is 15.1. The van der Waals surface area contributed by atoms with Crippen molar-refractivity contribution in [3.63, 3.8) is 0 Å². The molecule has 0 saturated carbocycles. The molecule has 1 amide bonds. The molecule has 7 heteroatoms. The molecule has 0 aromatic carbocycles. The van der Waals surface area contributed by atoms with Gasteiger partial charge in [0.25, 0.3) is 0 Å². The number of hydrogen-bond donors (Lipinski definition) is 2. The molecule has 2 N–H and O–H groups in total. The van der Waals surface area contributed by atoms with Crippen LogP contribution in [0.15, 0.2) is 6.07 Å². The second-order valence-electron chi connectivity index (χ2n) is 6.99. The zero-order chi connectivity index (χ0) is 17.8. The van der Waals surface area contributed by atoms with Crippen LogP contribution in [0.2, 0.25) is 0 Å². The number of carbonyl (C=O) groups is 1. The molecule has 0 radical (unpaired) electrons. The van der Waals surface area contributed by atoms with Crippen LogP contribution in [0.1, 0.15) is 42.4 Å². The summed E-state index contributed by atoms with van der Waals surface area (Å²) in [6.45, 7) is 4.89. The van der Waals surface area contributed by atoms with Crippen LogP contribution in [0.4, 0.5) is 0 Å². The number of carbonyl (C=O) groups excluding carboxylic acids is 1. The highest BCUT2D eigenvalue weighted by atomic mass is 16.5. The first-order valence-corrected chi connectivity index (χ1v) is 9.11. The molecule has 1 aromatic rings.